The number of allylic oxidation sites excluding steroid dienone is 2. The van der Waals surface area contributed by atoms with Crippen molar-refractivity contribution in [3.8, 4) is 0 Å². The zero-order valence-electron chi connectivity index (χ0n) is 14.6. The predicted octanol–water partition coefficient (Wildman–Crippen LogP) is 3.73. The molecule has 0 spiro atoms. The van der Waals surface area contributed by atoms with Crippen molar-refractivity contribution in [3.63, 3.8) is 0 Å². The monoisotopic (exact) mass is 325 g/mol. The van der Waals surface area contributed by atoms with Gasteiger partial charge in [0.05, 0.1) is 0 Å². The summed E-state index contributed by atoms with van der Waals surface area (Å²) in [5.74, 6) is 0. The number of hydrogen-bond donors (Lipinski definition) is 3. The van der Waals surface area contributed by atoms with E-state index in [9.17, 15) is 0 Å². The molecule has 0 amide bonds. The van der Waals surface area contributed by atoms with Gasteiger partial charge in [-0.25, -0.2) is 0 Å². The first-order chi connectivity index (χ1) is 8.61. The second-order valence-corrected chi connectivity index (χ2v) is 4.85. The minimum Gasteiger partial charge on any atom is -0.394 e. The number of unbranched alkanes of at least 4 members (excludes halogenated alkanes) is 2. The molecule has 0 saturated heterocycles. The van der Waals surface area contributed by atoms with Crippen molar-refractivity contribution < 1.29 is 37.0 Å². The molecule has 0 aliphatic carbocycles. The molecule has 3 nitrogen and oxygen atoms in total. The molecule has 0 aromatic rings. The van der Waals surface area contributed by atoms with Gasteiger partial charge >= 0.3 is 0 Å². The quantitative estimate of drug-likeness (QED) is 0.321. The van der Waals surface area contributed by atoms with Crippen LogP contribution in [0.5, 0.6) is 0 Å². The first-order valence-electron chi connectivity index (χ1n) is 7.06. The third-order valence-corrected chi connectivity index (χ3v) is 0.856. The maximum absolute atomic E-state index is 8.06. The maximum atomic E-state index is 8.06. The van der Waals surface area contributed by atoms with Crippen LogP contribution in [0.3, 0.4) is 0 Å². The van der Waals surface area contributed by atoms with E-state index in [0.717, 1.165) is 6.42 Å². The fraction of sp³-hybridized carbons (Fsp3) is 0.812. The van der Waals surface area contributed by atoms with Crippen LogP contribution in [0, 0.1) is 6.92 Å². The van der Waals surface area contributed by atoms with Gasteiger partial charge in [0.25, 0.3) is 0 Å². The van der Waals surface area contributed by atoms with E-state index >= 15 is 0 Å². The topological polar surface area (TPSA) is 60.7 Å². The minimum absolute atomic E-state index is 0. The first kappa shape index (κ1) is 32.3. The third-order valence-electron chi connectivity index (χ3n) is 0.856. The van der Waals surface area contributed by atoms with Crippen molar-refractivity contribution in [2.24, 2.45) is 0 Å². The first-order valence-corrected chi connectivity index (χ1v) is 7.06. The van der Waals surface area contributed by atoms with Gasteiger partial charge in [0.1, 0.15) is 0 Å². The molecular formula is C16H37O3Ti-. The molecule has 0 fully saturated rings. The average Bonchev–Trinajstić information content (AvgIpc) is 2.15. The molecule has 3 N–H and O–H groups in total. The molecule has 0 saturated carbocycles. The van der Waals surface area contributed by atoms with Gasteiger partial charge in [0.15, 0.2) is 0 Å². The molecule has 0 aliphatic rings. The Labute approximate surface area is 142 Å². The van der Waals surface area contributed by atoms with Crippen molar-refractivity contribution in [2.45, 2.75) is 86.0 Å². The van der Waals surface area contributed by atoms with Crippen LogP contribution in [0.1, 0.15) is 67.7 Å². The summed E-state index contributed by atoms with van der Waals surface area (Å²) in [5.41, 5.74) is 0. The molecule has 124 valence electrons. The molecule has 0 radical (unpaired) electrons. The van der Waals surface area contributed by atoms with Crippen LogP contribution >= 0.6 is 0 Å². The smallest absolute Gasteiger partial charge is 0.0483 e. The molecule has 0 aromatic carbocycles. The third kappa shape index (κ3) is 293. The number of aliphatic hydroxyl groups excluding tert-OH is 3. The normalized spacial score (nSPS) is 9.10. The molecule has 0 atom stereocenters. The van der Waals surface area contributed by atoms with Crippen molar-refractivity contribution in [3.05, 3.63) is 19.1 Å². The molecule has 4 heteroatoms. The molecule has 0 unspecified atom stereocenters. The Morgan fingerprint density at radius 1 is 0.850 bits per heavy atom. The van der Waals surface area contributed by atoms with E-state index in [1.165, 1.54) is 12.8 Å². The number of rotatable bonds is 3. The molecule has 20 heavy (non-hydrogen) atoms. The van der Waals surface area contributed by atoms with E-state index in [2.05, 4.69) is 19.1 Å². The summed E-state index contributed by atoms with van der Waals surface area (Å²) in [6.45, 7) is 16.1. The van der Waals surface area contributed by atoms with Crippen molar-refractivity contribution in [1.29, 1.82) is 0 Å². The second kappa shape index (κ2) is 31.6. The summed E-state index contributed by atoms with van der Waals surface area (Å²) in [6, 6.07) is 0. The Bertz CT molecular complexity index is 124. The molecule has 0 aliphatic heterocycles. The van der Waals surface area contributed by atoms with Gasteiger partial charge in [-0.3, -0.25) is 0 Å². The number of aliphatic hydroxyl groups is 3. The summed E-state index contributed by atoms with van der Waals surface area (Å²) < 4.78 is 0. The molecule has 0 heterocycles. The van der Waals surface area contributed by atoms with Crippen molar-refractivity contribution in [2.75, 3.05) is 0 Å². The Balaban J connectivity index is -0.0000000512. The SMILES string of the molecule is CC(C)O.CC(C)O.CC(C)O.[CH2-]CCC/C=C/C.[Ti]. The van der Waals surface area contributed by atoms with Crippen LogP contribution in [-0.2, 0) is 21.7 Å². The van der Waals surface area contributed by atoms with E-state index < -0.39 is 0 Å². The Morgan fingerprint density at radius 2 is 1.10 bits per heavy atom. The van der Waals surface area contributed by atoms with Crippen LogP contribution in [-0.4, -0.2) is 33.6 Å². The summed E-state index contributed by atoms with van der Waals surface area (Å²) in [7, 11) is 0. The zero-order valence-corrected chi connectivity index (χ0v) is 16.1. The van der Waals surface area contributed by atoms with Crippen LogP contribution < -0.4 is 0 Å². The zero-order chi connectivity index (χ0) is 16.3. The van der Waals surface area contributed by atoms with E-state index in [1.54, 1.807) is 41.5 Å². The van der Waals surface area contributed by atoms with Crippen molar-refractivity contribution in [1.82, 2.24) is 0 Å². The minimum atomic E-state index is -0.167. The Morgan fingerprint density at radius 3 is 1.25 bits per heavy atom. The average molecular weight is 325 g/mol. The maximum Gasteiger partial charge on any atom is 0.0483 e. The standard InChI is InChI=1S/C7H13.3C3H8O.Ti/c1-3-5-7-6-4-2;3*1-3(2)4;/h4,6H,1,3,5,7H2,2H3;3*3-4H,1-2H3;/q-1;;;;/b6-4+;;;;. The largest absolute Gasteiger partial charge is 0.394 e. The number of hydrogen-bond acceptors (Lipinski definition) is 3. The summed E-state index contributed by atoms with van der Waals surface area (Å²) in [5, 5.41) is 24.2. The Kier molecular flexibility index (Phi) is 51.1. The molecular weight excluding hydrogens is 288 g/mol. The van der Waals surface area contributed by atoms with Gasteiger partial charge < -0.3 is 22.2 Å². The fourth-order valence-corrected chi connectivity index (χ4v) is 0.429. The summed E-state index contributed by atoms with van der Waals surface area (Å²) in [6.07, 6.45) is 7.23. The van der Waals surface area contributed by atoms with Crippen LogP contribution in [0.4, 0.5) is 0 Å². The molecule has 0 rings (SSSR count). The van der Waals surface area contributed by atoms with Gasteiger partial charge in [-0.1, -0.05) is 18.6 Å². The van der Waals surface area contributed by atoms with Crippen molar-refractivity contribution >= 4 is 0 Å². The van der Waals surface area contributed by atoms with E-state index in [4.69, 9.17) is 15.3 Å². The molecule has 0 bridgehead atoms. The van der Waals surface area contributed by atoms with Gasteiger partial charge in [0.2, 0.25) is 0 Å². The fourth-order valence-electron chi connectivity index (χ4n) is 0.429. The van der Waals surface area contributed by atoms with E-state index in [0.29, 0.717) is 0 Å². The second-order valence-electron chi connectivity index (χ2n) is 4.85. The van der Waals surface area contributed by atoms with Gasteiger partial charge in [-0.05, 0) is 54.9 Å². The van der Waals surface area contributed by atoms with Crippen LogP contribution in [0.15, 0.2) is 12.2 Å². The van der Waals surface area contributed by atoms with E-state index in [-0.39, 0.29) is 40.0 Å². The summed E-state index contributed by atoms with van der Waals surface area (Å²) >= 11 is 0. The predicted molar refractivity (Wildman–Crippen MR) is 86.1 cm³/mol. The van der Waals surface area contributed by atoms with Crippen LogP contribution in [0.25, 0.3) is 0 Å². The molecule has 0 aromatic heterocycles. The Hall–Kier alpha value is 0.334. The van der Waals surface area contributed by atoms with Gasteiger partial charge in [-0.15, -0.1) is 0 Å². The van der Waals surface area contributed by atoms with E-state index in [1.807, 2.05) is 6.92 Å². The van der Waals surface area contributed by atoms with Crippen LogP contribution in [0.2, 0.25) is 0 Å². The van der Waals surface area contributed by atoms with Gasteiger partial charge in [-0.2, -0.15) is 6.42 Å². The summed E-state index contributed by atoms with van der Waals surface area (Å²) in [4.78, 5) is 0. The van der Waals surface area contributed by atoms with Gasteiger partial charge in [0, 0.05) is 40.0 Å².